The molecular weight excluding hydrogens is 244 g/mol. The van der Waals surface area contributed by atoms with E-state index in [1.807, 2.05) is 0 Å². The predicted octanol–water partition coefficient (Wildman–Crippen LogP) is 3.31. The van der Waals surface area contributed by atoms with Gasteiger partial charge in [0.05, 0.1) is 0 Å². The molecule has 1 aromatic rings. The summed E-state index contributed by atoms with van der Waals surface area (Å²) >= 11 is 0. The Balaban J connectivity index is 1.70. The van der Waals surface area contributed by atoms with Crippen LogP contribution in [0.5, 0.6) is 0 Å². The Morgan fingerprint density at radius 1 is 1.10 bits per heavy atom. The summed E-state index contributed by atoms with van der Waals surface area (Å²) < 4.78 is 0. The predicted molar refractivity (Wildman–Crippen MR) is 84.9 cm³/mol. The average Bonchev–Trinajstić information content (AvgIpc) is 2.48. The third-order valence-corrected chi connectivity index (χ3v) is 5.19. The molecular formula is C18H28N2. The Bertz CT molecular complexity index is 443. The van der Waals surface area contributed by atoms with Gasteiger partial charge in [0.2, 0.25) is 0 Å². The van der Waals surface area contributed by atoms with Crippen LogP contribution in [0.3, 0.4) is 0 Å². The van der Waals surface area contributed by atoms with Crippen LogP contribution < -0.4 is 0 Å². The molecule has 2 aliphatic heterocycles. The number of hydrogen-bond acceptors (Lipinski definition) is 2. The molecule has 2 heterocycles. The van der Waals surface area contributed by atoms with Gasteiger partial charge in [-0.25, -0.2) is 0 Å². The topological polar surface area (TPSA) is 6.48 Å². The van der Waals surface area contributed by atoms with E-state index in [4.69, 9.17) is 0 Å². The summed E-state index contributed by atoms with van der Waals surface area (Å²) in [7, 11) is 0. The van der Waals surface area contributed by atoms with E-state index in [0.29, 0.717) is 6.04 Å². The number of aryl methyl sites for hydroxylation is 1. The summed E-state index contributed by atoms with van der Waals surface area (Å²) in [4.78, 5) is 5.44. The maximum absolute atomic E-state index is 2.73. The summed E-state index contributed by atoms with van der Waals surface area (Å²) in [5.74, 6) is 0. The number of fused-ring (bicyclic) bond motifs is 1. The first-order chi connectivity index (χ1) is 9.78. The zero-order chi connectivity index (χ0) is 13.9. The second-order valence-corrected chi connectivity index (χ2v) is 6.55. The second kappa shape index (κ2) is 6.28. The van der Waals surface area contributed by atoms with E-state index in [1.165, 1.54) is 50.0 Å². The zero-order valence-corrected chi connectivity index (χ0v) is 13.0. The smallest absolute Gasteiger partial charge is 0.0240 e. The van der Waals surface area contributed by atoms with Gasteiger partial charge in [0.1, 0.15) is 0 Å². The summed E-state index contributed by atoms with van der Waals surface area (Å²) in [6.45, 7) is 9.66. The molecule has 1 aromatic carbocycles. The molecule has 110 valence electrons. The maximum Gasteiger partial charge on any atom is 0.0240 e. The fraction of sp³-hybridized carbons (Fsp3) is 0.667. The Morgan fingerprint density at radius 3 is 2.70 bits per heavy atom. The Morgan fingerprint density at radius 2 is 1.90 bits per heavy atom. The molecule has 2 nitrogen and oxygen atoms in total. The fourth-order valence-electron chi connectivity index (χ4n) is 3.91. The van der Waals surface area contributed by atoms with Crippen LogP contribution in [0.2, 0.25) is 0 Å². The van der Waals surface area contributed by atoms with E-state index < -0.39 is 0 Å². The van der Waals surface area contributed by atoms with E-state index in [0.717, 1.165) is 19.0 Å². The monoisotopic (exact) mass is 272 g/mol. The highest BCUT2D eigenvalue weighted by atomic mass is 15.3. The lowest BCUT2D eigenvalue weighted by Crippen LogP contribution is -2.58. The molecule has 2 aliphatic rings. The lowest BCUT2D eigenvalue weighted by molar-refractivity contribution is 0.0110. The number of piperazine rings is 1. The van der Waals surface area contributed by atoms with Crippen molar-refractivity contribution in [2.24, 2.45) is 0 Å². The van der Waals surface area contributed by atoms with Gasteiger partial charge in [-0.1, -0.05) is 37.6 Å². The number of benzene rings is 1. The normalized spacial score (nSPS) is 28.3. The van der Waals surface area contributed by atoms with Gasteiger partial charge in [0, 0.05) is 31.7 Å². The lowest BCUT2D eigenvalue weighted by atomic mass is 9.96. The highest BCUT2D eigenvalue weighted by Gasteiger charge is 2.32. The van der Waals surface area contributed by atoms with Crippen molar-refractivity contribution in [3.63, 3.8) is 0 Å². The molecule has 2 fully saturated rings. The van der Waals surface area contributed by atoms with Gasteiger partial charge in [0.15, 0.2) is 0 Å². The second-order valence-electron chi connectivity index (χ2n) is 6.55. The highest BCUT2D eigenvalue weighted by molar-refractivity contribution is 5.27. The van der Waals surface area contributed by atoms with E-state index in [-0.39, 0.29) is 0 Å². The number of piperidine rings is 1. The molecule has 2 heteroatoms. The molecule has 0 aliphatic carbocycles. The van der Waals surface area contributed by atoms with Crippen LogP contribution in [-0.4, -0.2) is 41.5 Å². The molecule has 0 radical (unpaired) electrons. The van der Waals surface area contributed by atoms with Crippen molar-refractivity contribution in [2.45, 2.75) is 58.2 Å². The molecule has 2 atom stereocenters. The highest BCUT2D eigenvalue weighted by Crippen LogP contribution is 2.25. The molecule has 0 amide bonds. The van der Waals surface area contributed by atoms with E-state index in [9.17, 15) is 0 Å². The van der Waals surface area contributed by atoms with Gasteiger partial charge >= 0.3 is 0 Å². The van der Waals surface area contributed by atoms with Gasteiger partial charge in [-0.05, 0) is 43.9 Å². The van der Waals surface area contributed by atoms with Gasteiger partial charge in [-0.2, -0.15) is 0 Å². The SMILES string of the molecule is CCc1ccccc1CN1CC2CCCCN2CC1C. The number of nitrogens with zero attached hydrogens (tertiary/aromatic N) is 2. The van der Waals surface area contributed by atoms with Gasteiger partial charge < -0.3 is 0 Å². The van der Waals surface area contributed by atoms with Crippen LogP contribution in [0.1, 0.15) is 44.2 Å². The van der Waals surface area contributed by atoms with E-state index >= 15 is 0 Å². The molecule has 2 saturated heterocycles. The minimum absolute atomic E-state index is 0.689. The van der Waals surface area contributed by atoms with Crippen molar-refractivity contribution >= 4 is 0 Å². The first-order valence-electron chi connectivity index (χ1n) is 8.32. The van der Waals surface area contributed by atoms with Crippen molar-refractivity contribution < 1.29 is 0 Å². The number of hydrogen-bond donors (Lipinski definition) is 0. The summed E-state index contributed by atoms with van der Waals surface area (Å²) in [6, 6.07) is 10.5. The van der Waals surface area contributed by atoms with Gasteiger partial charge in [-0.15, -0.1) is 0 Å². The summed E-state index contributed by atoms with van der Waals surface area (Å²) in [5, 5.41) is 0. The molecule has 0 saturated carbocycles. The third-order valence-electron chi connectivity index (χ3n) is 5.19. The summed E-state index contributed by atoms with van der Waals surface area (Å²) in [6.07, 6.45) is 5.38. The van der Waals surface area contributed by atoms with Crippen molar-refractivity contribution in [1.82, 2.24) is 9.80 Å². The van der Waals surface area contributed by atoms with Crippen molar-refractivity contribution in [3.05, 3.63) is 35.4 Å². The zero-order valence-electron chi connectivity index (χ0n) is 13.0. The Kier molecular flexibility index (Phi) is 4.42. The molecule has 0 bridgehead atoms. The first-order valence-corrected chi connectivity index (χ1v) is 8.32. The summed E-state index contributed by atoms with van der Waals surface area (Å²) in [5.41, 5.74) is 3.05. The molecule has 3 rings (SSSR count). The van der Waals surface area contributed by atoms with Crippen LogP contribution in [0.25, 0.3) is 0 Å². The standard InChI is InChI=1S/C18H28N2/c1-3-16-8-4-5-9-17(16)13-20-14-18-10-6-7-11-19(18)12-15(20)2/h4-5,8-9,15,18H,3,6-7,10-14H2,1-2H3. The van der Waals surface area contributed by atoms with Crippen LogP contribution in [-0.2, 0) is 13.0 Å². The Labute approximate surface area is 123 Å². The Hall–Kier alpha value is -0.860. The number of rotatable bonds is 3. The van der Waals surface area contributed by atoms with Gasteiger partial charge in [-0.3, -0.25) is 9.80 Å². The van der Waals surface area contributed by atoms with Crippen LogP contribution in [0, 0.1) is 0 Å². The van der Waals surface area contributed by atoms with E-state index in [1.54, 1.807) is 0 Å². The average molecular weight is 272 g/mol. The van der Waals surface area contributed by atoms with Crippen molar-refractivity contribution in [1.29, 1.82) is 0 Å². The maximum atomic E-state index is 2.73. The van der Waals surface area contributed by atoms with Crippen LogP contribution in [0.4, 0.5) is 0 Å². The first kappa shape index (κ1) is 14.1. The molecule has 0 spiro atoms. The fourth-order valence-corrected chi connectivity index (χ4v) is 3.91. The third kappa shape index (κ3) is 2.91. The largest absolute Gasteiger partial charge is 0.298 e. The van der Waals surface area contributed by atoms with Crippen molar-refractivity contribution in [2.75, 3.05) is 19.6 Å². The minimum atomic E-state index is 0.689. The molecule has 0 N–H and O–H groups in total. The van der Waals surface area contributed by atoms with Crippen molar-refractivity contribution in [3.8, 4) is 0 Å². The van der Waals surface area contributed by atoms with Crippen LogP contribution >= 0.6 is 0 Å². The van der Waals surface area contributed by atoms with Gasteiger partial charge in [0.25, 0.3) is 0 Å². The molecule has 2 unspecified atom stereocenters. The minimum Gasteiger partial charge on any atom is -0.298 e. The lowest BCUT2D eigenvalue weighted by Gasteiger charge is -2.47. The van der Waals surface area contributed by atoms with Crippen LogP contribution in [0.15, 0.2) is 24.3 Å². The quantitative estimate of drug-likeness (QED) is 0.833. The van der Waals surface area contributed by atoms with E-state index in [2.05, 4.69) is 47.9 Å². The molecule has 20 heavy (non-hydrogen) atoms. The molecule has 0 aromatic heterocycles.